The number of hydrogen-bond acceptors (Lipinski definition) is 5. The predicted octanol–water partition coefficient (Wildman–Crippen LogP) is 6.85. The Morgan fingerprint density at radius 1 is 0.956 bits per heavy atom. The number of carbonyl (C=O) groups is 2. The molecule has 4 aromatic carbocycles. The second-order valence-corrected chi connectivity index (χ2v) is 11.0. The molecule has 0 fully saturated rings. The summed E-state index contributed by atoms with van der Waals surface area (Å²) >= 11 is 0. The highest BCUT2D eigenvalue weighted by molar-refractivity contribution is 6.04. The fraction of sp³-hybridized carbons (Fsp3) is 0.171. The molecule has 1 N–H and O–H groups in total. The molecule has 0 spiro atoms. The van der Waals surface area contributed by atoms with Crippen LogP contribution in [0.5, 0.6) is 5.75 Å². The molecule has 45 heavy (non-hydrogen) atoms. The summed E-state index contributed by atoms with van der Waals surface area (Å²) in [6, 6.07) is 26.2. The summed E-state index contributed by atoms with van der Waals surface area (Å²) in [5.74, 6) is -1.24. The number of carbonyl (C=O) groups excluding carboxylic acids is 2. The molecule has 7 rings (SSSR count). The maximum atomic E-state index is 14.3. The number of halogens is 2. The summed E-state index contributed by atoms with van der Waals surface area (Å²) in [6.07, 6.45) is -0.432. The molecule has 2 amide bonds. The van der Waals surface area contributed by atoms with Crippen molar-refractivity contribution >= 4 is 17.8 Å². The van der Waals surface area contributed by atoms with Crippen LogP contribution in [0.1, 0.15) is 38.7 Å². The van der Waals surface area contributed by atoms with Crippen LogP contribution in [0.4, 0.5) is 19.4 Å². The highest BCUT2D eigenvalue weighted by atomic mass is 19.1. The van der Waals surface area contributed by atoms with Crippen LogP contribution in [0.3, 0.4) is 0 Å². The monoisotopic (exact) mass is 606 g/mol. The van der Waals surface area contributed by atoms with Gasteiger partial charge in [0.05, 0.1) is 13.1 Å². The number of rotatable bonds is 5. The van der Waals surface area contributed by atoms with Crippen molar-refractivity contribution < 1.29 is 27.8 Å². The van der Waals surface area contributed by atoms with Crippen LogP contribution in [-0.4, -0.2) is 46.4 Å². The van der Waals surface area contributed by atoms with E-state index in [1.54, 1.807) is 36.1 Å². The molecule has 0 saturated heterocycles. The molecule has 0 saturated carbocycles. The van der Waals surface area contributed by atoms with Gasteiger partial charge in [-0.3, -0.25) is 4.79 Å². The third-order valence-electron chi connectivity index (χ3n) is 8.17. The summed E-state index contributed by atoms with van der Waals surface area (Å²) < 4.78 is 40.7. The Hall–Kier alpha value is -5.51. The van der Waals surface area contributed by atoms with Crippen LogP contribution in [0, 0.1) is 18.6 Å². The number of nitrogens with zero attached hydrogens (tertiary/aromatic N) is 3. The number of ether oxygens (including phenoxy) is 2. The van der Waals surface area contributed by atoms with E-state index >= 15 is 0 Å². The quantitative estimate of drug-likeness (QED) is 0.237. The maximum absolute atomic E-state index is 14.3. The van der Waals surface area contributed by atoms with Crippen molar-refractivity contribution in [2.24, 2.45) is 0 Å². The molecular weight excluding hydrogens is 578 g/mol. The minimum absolute atomic E-state index is 0.0390. The van der Waals surface area contributed by atoms with Crippen molar-refractivity contribution in [1.29, 1.82) is 0 Å². The van der Waals surface area contributed by atoms with Crippen molar-refractivity contribution in [2.45, 2.75) is 19.4 Å². The first-order chi connectivity index (χ1) is 21.9. The molecule has 0 atom stereocenters. The molecule has 0 radical (unpaired) electrons. The smallest absolute Gasteiger partial charge is 0.410 e. The Morgan fingerprint density at radius 2 is 1.69 bits per heavy atom. The van der Waals surface area contributed by atoms with Gasteiger partial charge in [0, 0.05) is 34.9 Å². The molecule has 1 aliphatic carbocycles. The van der Waals surface area contributed by atoms with E-state index < -0.39 is 23.6 Å². The molecule has 0 unspecified atom stereocenters. The van der Waals surface area contributed by atoms with Gasteiger partial charge < -0.3 is 19.7 Å². The first-order valence-electron chi connectivity index (χ1n) is 14.5. The summed E-state index contributed by atoms with van der Waals surface area (Å²) in [4.78, 5) is 27.9. The van der Waals surface area contributed by atoms with Gasteiger partial charge in [-0.25, -0.2) is 18.3 Å². The van der Waals surface area contributed by atoms with Gasteiger partial charge in [-0.05, 0) is 53.4 Å². The van der Waals surface area contributed by atoms with E-state index in [4.69, 9.17) is 9.47 Å². The van der Waals surface area contributed by atoms with Crippen LogP contribution in [0.2, 0.25) is 0 Å². The van der Waals surface area contributed by atoms with Crippen LogP contribution in [-0.2, 0) is 11.3 Å². The van der Waals surface area contributed by atoms with Crippen LogP contribution in [0.25, 0.3) is 16.8 Å². The first-order valence-corrected chi connectivity index (χ1v) is 14.5. The lowest BCUT2D eigenvalue weighted by molar-refractivity contribution is 0.0947. The summed E-state index contributed by atoms with van der Waals surface area (Å²) in [5, 5.41) is 6.99. The third-order valence-corrected chi connectivity index (χ3v) is 8.17. The van der Waals surface area contributed by atoms with Crippen molar-refractivity contribution in [1.82, 2.24) is 14.7 Å². The van der Waals surface area contributed by atoms with Crippen LogP contribution < -0.4 is 10.1 Å². The second-order valence-electron chi connectivity index (χ2n) is 11.0. The van der Waals surface area contributed by atoms with Crippen LogP contribution in [0.15, 0.2) is 91.0 Å². The summed E-state index contributed by atoms with van der Waals surface area (Å²) in [7, 11) is 0. The van der Waals surface area contributed by atoms with E-state index in [0.29, 0.717) is 23.6 Å². The molecule has 8 nitrogen and oxygen atoms in total. The number of amides is 2. The molecule has 226 valence electrons. The van der Waals surface area contributed by atoms with Gasteiger partial charge >= 0.3 is 6.09 Å². The van der Waals surface area contributed by atoms with Crippen molar-refractivity contribution in [2.75, 3.05) is 25.1 Å². The number of benzene rings is 4. The lowest BCUT2D eigenvalue weighted by Crippen LogP contribution is -2.33. The van der Waals surface area contributed by atoms with Gasteiger partial charge in [0.25, 0.3) is 5.91 Å². The highest BCUT2D eigenvalue weighted by Crippen LogP contribution is 2.44. The summed E-state index contributed by atoms with van der Waals surface area (Å²) in [6.45, 7) is 2.74. The molecular formula is C35H28F2N4O4. The highest BCUT2D eigenvalue weighted by Gasteiger charge is 2.30. The normalized spacial score (nSPS) is 13.7. The van der Waals surface area contributed by atoms with E-state index in [-0.39, 0.29) is 37.2 Å². The van der Waals surface area contributed by atoms with Gasteiger partial charge in [0.1, 0.15) is 30.5 Å². The minimum atomic E-state index is -0.769. The molecule has 2 aliphatic rings. The number of hydrogen-bond donors (Lipinski definition) is 1. The molecule has 2 heterocycles. The number of aromatic nitrogens is 2. The lowest BCUT2D eigenvalue weighted by atomic mass is 9.98. The number of nitrogens with one attached hydrogen (secondary N) is 1. The van der Waals surface area contributed by atoms with Gasteiger partial charge in [-0.1, -0.05) is 54.6 Å². The zero-order valence-electron chi connectivity index (χ0n) is 24.3. The van der Waals surface area contributed by atoms with Crippen molar-refractivity contribution in [3.63, 3.8) is 0 Å². The lowest BCUT2D eigenvalue weighted by Gasteiger charge is -2.21. The Bertz CT molecular complexity index is 1910. The maximum Gasteiger partial charge on any atom is 0.410 e. The molecule has 1 aromatic heterocycles. The van der Waals surface area contributed by atoms with Gasteiger partial charge in [-0.15, -0.1) is 5.10 Å². The van der Waals surface area contributed by atoms with E-state index in [9.17, 15) is 18.4 Å². The SMILES string of the molecule is Cc1cc(NC(=O)c2ccc3c(c2)OCCN(C(=O)OCC2c4ccccc4-c4ccccc42)C3)nn1-c1ccc(F)cc1F. The number of aryl methyl sites for hydroxylation is 1. The second kappa shape index (κ2) is 11.5. The minimum Gasteiger partial charge on any atom is -0.491 e. The Balaban J connectivity index is 1.02. The van der Waals surface area contributed by atoms with Gasteiger partial charge in [0.15, 0.2) is 11.6 Å². The fourth-order valence-corrected chi connectivity index (χ4v) is 5.97. The standard InChI is InChI=1S/C35H28F2N4O4/c1-21-16-33(39-41(21)31-13-12-24(36)18-30(31)37)38-34(42)22-10-11-23-19-40(14-15-44-32(23)17-22)35(43)45-20-29-27-8-4-2-6-25(27)26-7-3-5-9-28(26)29/h2-13,16-18,29H,14-15,19-20H2,1H3,(H,38,39,42). The largest absolute Gasteiger partial charge is 0.491 e. The topological polar surface area (TPSA) is 85.7 Å². The van der Waals surface area contributed by atoms with E-state index in [1.807, 2.05) is 24.3 Å². The predicted molar refractivity (Wildman–Crippen MR) is 164 cm³/mol. The fourth-order valence-electron chi connectivity index (χ4n) is 5.97. The Labute approximate surface area is 257 Å². The number of fused-ring (bicyclic) bond motifs is 4. The molecule has 1 aliphatic heterocycles. The molecule has 0 bridgehead atoms. The van der Waals surface area contributed by atoms with E-state index in [0.717, 1.165) is 39.9 Å². The van der Waals surface area contributed by atoms with E-state index in [1.165, 1.54) is 10.7 Å². The van der Waals surface area contributed by atoms with Crippen molar-refractivity contribution in [3.8, 4) is 22.6 Å². The van der Waals surface area contributed by atoms with E-state index in [2.05, 4.69) is 34.7 Å². The number of anilines is 1. The van der Waals surface area contributed by atoms with Gasteiger partial charge in [0.2, 0.25) is 0 Å². The average Bonchev–Trinajstić information content (AvgIpc) is 3.46. The molecule has 5 aromatic rings. The Kier molecular flexibility index (Phi) is 7.25. The Morgan fingerprint density at radius 3 is 2.42 bits per heavy atom. The van der Waals surface area contributed by atoms with Crippen LogP contribution >= 0.6 is 0 Å². The molecule has 10 heteroatoms. The van der Waals surface area contributed by atoms with Gasteiger partial charge in [-0.2, -0.15) is 0 Å². The third kappa shape index (κ3) is 5.39. The first kappa shape index (κ1) is 28.3. The van der Waals surface area contributed by atoms with Crippen molar-refractivity contribution in [3.05, 3.63) is 131 Å². The zero-order chi connectivity index (χ0) is 31.1. The summed E-state index contributed by atoms with van der Waals surface area (Å²) in [5.41, 5.74) is 6.29. The average molecular weight is 607 g/mol. The zero-order valence-corrected chi connectivity index (χ0v) is 24.3.